The number of hydrogen-bond donors (Lipinski definition) is 1. The van der Waals surface area contributed by atoms with Gasteiger partial charge in [-0.2, -0.15) is 0 Å². The van der Waals surface area contributed by atoms with Crippen LogP contribution in [-0.2, 0) is 9.59 Å². The number of para-hydroxylation sites is 2. The summed E-state index contributed by atoms with van der Waals surface area (Å²) < 4.78 is 5.95. The third-order valence-corrected chi connectivity index (χ3v) is 5.00. The number of hydrogen-bond acceptors (Lipinski definition) is 3. The number of carboxylic acids is 1. The molecule has 1 saturated heterocycles. The topological polar surface area (TPSA) is 66.8 Å². The Hall–Kier alpha value is -2.82. The van der Waals surface area contributed by atoms with Crippen LogP contribution in [0.3, 0.4) is 0 Å². The van der Waals surface area contributed by atoms with Crippen LogP contribution in [0.5, 0.6) is 11.5 Å². The van der Waals surface area contributed by atoms with Gasteiger partial charge >= 0.3 is 5.97 Å². The monoisotopic (exact) mass is 337 g/mol. The molecular formula is C20H19NO4. The second kappa shape index (κ2) is 6.24. The third-order valence-electron chi connectivity index (χ3n) is 5.00. The molecule has 0 saturated carbocycles. The zero-order valence-electron chi connectivity index (χ0n) is 13.7. The average Bonchev–Trinajstić information content (AvgIpc) is 3.06. The van der Waals surface area contributed by atoms with E-state index < -0.39 is 11.9 Å². The number of benzene rings is 2. The molecule has 0 radical (unpaired) electrons. The lowest BCUT2D eigenvalue weighted by atomic mass is 9.86. The zero-order chi connectivity index (χ0) is 17.4. The predicted octanol–water partition coefficient (Wildman–Crippen LogP) is 3.39. The summed E-state index contributed by atoms with van der Waals surface area (Å²) in [5.41, 5.74) is 1.68. The standard InChI is InChI=1S/C20H19NO4/c22-18(23)12-13-6-5-11-21(13)20(24)19-14-7-1-3-9-16(14)25-17-10-4-2-8-15(17)19/h1-4,7-10,13,19H,5-6,11-12H2,(H,22,23). The average molecular weight is 337 g/mol. The number of aliphatic carboxylic acids is 1. The van der Waals surface area contributed by atoms with E-state index in [4.69, 9.17) is 9.84 Å². The number of carbonyl (C=O) groups is 2. The smallest absolute Gasteiger partial charge is 0.305 e. The number of ether oxygens (including phenoxy) is 1. The molecule has 0 bridgehead atoms. The third kappa shape index (κ3) is 2.76. The lowest BCUT2D eigenvalue weighted by Crippen LogP contribution is -2.40. The van der Waals surface area contributed by atoms with Crippen LogP contribution in [0.4, 0.5) is 0 Å². The van der Waals surface area contributed by atoms with E-state index >= 15 is 0 Å². The molecule has 0 spiro atoms. The highest BCUT2D eigenvalue weighted by Gasteiger charge is 2.39. The lowest BCUT2D eigenvalue weighted by molar-refractivity contribution is -0.140. The molecule has 2 aromatic rings. The second-order valence-electron chi connectivity index (χ2n) is 6.54. The number of likely N-dealkylation sites (tertiary alicyclic amines) is 1. The van der Waals surface area contributed by atoms with Gasteiger partial charge in [0, 0.05) is 23.7 Å². The fraction of sp³-hybridized carbons (Fsp3) is 0.300. The summed E-state index contributed by atoms with van der Waals surface area (Å²) in [6, 6.07) is 14.9. The number of nitrogens with zero attached hydrogens (tertiary/aromatic N) is 1. The minimum atomic E-state index is -0.863. The van der Waals surface area contributed by atoms with E-state index in [2.05, 4.69) is 0 Å². The Morgan fingerprint density at radius 3 is 2.24 bits per heavy atom. The minimum Gasteiger partial charge on any atom is -0.481 e. The maximum Gasteiger partial charge on any atom is 0.305 e. The summed E-state index contributed by atoms with van der Waals surface area (Å²) in [5, 5.41) is 9.14. The Morgan fingerprint density at radius 2 is 1.64 bits per heavy atom. The van der Waals surface area contributed by atoms with Gasteiger partial charge in [0.05, 0.1) is 12.3 Å². The maximum absolute atomic E-state index is 13.4. The van der Waals surface area contributed by atoms with E-state index in [0.717, 1.165) is 24.0 Å². The van der Waals surface area contributed by atoms with Crippen molar-refractivity contribution in [3.63, 3.8) is 0 Å². The normalized spacial score (nSPS) is 19.0. The van der Waals surface area contributed by atoms with Gasteiger partial charge in [0.25, 0.3) is 0 Å². The molecule has 2 aliphatic rings. The van der Waals surface area contributed by atoms with Crippen LogP contribution in [0, 0.1) is 0 Å². The first-order valence-electron chi connectivity index (χ1n) is 8.53. The van der Waals surface area contributed by atoms with Crippen molar-refractivity contribution in [3.05, 3.63) is 59.7 Å². The van der Waals surface area contributed by atoms with Crippen molar-refractivity contribution in [2.24, 2.45) is 0 Å². The van der Waals surface area contributed by atoms with Crippen molar-refractivity contribution in [2.75, 3.05) is 6.54 Å². The number of fused-ring (bicyclic) bond motifs is 2. The Kier molecular flexibility index (Phi) is 3.92. The Morgan fingerprint density at radius 1 is 1.04 bits per heavy atom. The van der Waals surface area contributed by atoms with Crippen LogP contribution in [0.25, 0.3) is 0 Å². The highest BCUT2D eigenvalue weighted by Crippen LogP contribution is 2.45. The van der Waals surface area contributed by atoms with E-state index in [1.54, 1.807) is 4.90 Å². The SMILES string of the molecule is O=C(O)CC1CCCN1C(=O)C1c2ccccc2Oc2ccccc21. The molecule has 2 heterocycles. The van der Waals surface area contributed by atoms with E-state index in [-0.39, 0.29) is 18.4 Å². The predicted molar refractivity (Wildman–Crippen MR) is 91.8 cm³/mol. The van der Waals surface area contributed by atoms with Crippen LogP contribution in [-0.4, -0.2) is 34.5 Å². The van der Waals surface area contributed by atoms with E-state index in [0.29, 0.717) is 18.0 Å². The van der Waals surface area contributed by atoms with Gasteiger partial charge in [-0.3, -0.25) is 9.59 Å². The van der Waals surface area contributed by atoms with Crippen LogP contribution >= 0.6 is 0 Å². The molecule has 1 atom stereocenters. The van der Waals surface area contributed by atoms with Crippen LogP contribution < -0.4 is 4.74 Å². The van der Waals surface area contributed by atoms with Gasteiger partial charge in [0.2, 0.25) is 5.91 Å². The first-order valence-corrected chi connectivity index (χ1v) is 8.53. The quantitative estimate of drug-likeness (QED) is 0.932. The number of amides is 1. The fourth-order valence-electron chi connectivity index (χ4n) is 3.88. The first kappa shape index (κ1) is 15.7. The van der Waals surface area contributed by atoms with Gasteiger partial charge in [0.1, 0.15) is 11.5 Å². The highest BCUT2D eigenvalue weighted by atomic mass is 16.5. The molecule has 5 heteroatoms. The summed E-state index contributed by atoms with van der Waals surface area (Å²) in [5.74, 6) is 0.0297. The van der Waals surface area contributed by atoms with E-state index in [1.165, 1.54) is 0 Å². The van der Waals surface area contributed by atoms with E-state index in [9.17, 15) is 9.59 Å². The van der Waals surface area contributed by atoms with Gasteiger partial charge in [-0.15, -0.1) is 0 Å². The molecule has 2 aromatic carbocycles. The lowest BCUT2D eigenvalue weighted by Gasteiger charge is -2.32. The molecule has 25 heavy (non-hydrogen) atoms. The molecule has 4 rings (SSSR count). The highest BCUT2D eigenvalue weighted by molar-refractivity contribution is 5.90. The summed E-state index contributed by atoms with van der Waals surface area (Å²) in [7, 11) is 0. The molecule has 1 unspecified atom stereocenters. The largest absolute Gasteiger partial charge is 0.481 e. The van der Waals surface area contributed by atoms with Crippen LogP contribution in [0.15, 0.2) is 48.5 Å². The van der Waals surface area contributed by atoms with E-state index in [1.807, 2.05) is 48.5 Å². The Labute approximate surface area is 145 Å². The van der Waals surface area contributed by atoms with Crippen LogP contribution in [0.1, 0.15) is 36.3 Å². The van der Waals surface area contributed by atoms with Crippen molar-refractivity contribution < 1.29 is 19.4 Å². The van der Waals surface area contributed by atoms with Crippen molar-refractivity contribution in [1.29, 1.82) is 0 Å². The number of carboxylic acid groups (broad SMARTS) is 1. The number of carbonyl (C=O) groups excluding carboxylic acids is 1. The molecule has 0 aromatic heterocycles. The summed E-state index contributed by atoms with van der Waals surface area (Å²) in [6.45, 7) is 0.610. The molecule has 2 aliphatic heterocycles. The van der Waals surface area contributed by atoms with Gasteiger partial charge < -0.3 is 14.7 Å². The minimum absolute atomic E-state index is 0.00173. The van der Waals surface area contributed by atoms with Crippen molar-refractivity contribution in [1.82, 2.24) is 4.90 Å². The second-order valence-corrected chi connectivity index (χ2v) is 6.54. The fourth-order valence-corrected chi connectivity index (χ4v) is 3.88. The summed E-state index contributed by atoms with van der Waals surface area (Å²) in [6.07, 6.45) is 1.58. The zero-order valence-corrected chi connectivity index (χ0v) is 13.7. The van der Waals surface area contributed by atoms with Crippen molar-refractivity contribution in [2.45, 2.75) is 31.2 Å². The summed E-state index contributed by atoms with van der Waals surface area (Å²) in [4.78, 5) is 26.3. The number of rotatable bonds is 3. The van der Waals surface area contributed by atoms with Gasteiger partial charge in [-0.05, 0) is 25.0 Å². The van der Waals surface area contributed by atoms with Crippen molar-refractivity contribution >= 4 is 11.9 Å². The molecule has 1 N–H and O–H groups in total. The molecule has 1 amide bonds. The Balaban J connectivity index is 1.74. The first-order chi connectivity index (χ1) is 12.1. The maximum atomic E-state index is 13.4. The molecule has 0 aliphatic carbocycles. The van der Waals surface area contributed by atoms with Gasteiger partial charge in [-0.25, -0.2) is 0 Å². The van der Waals surface area contributed by atoms with Crippen molar-refractivity contribution in [3.8, 4) is 11.5 Å². The molecule has 128 valence electrons. The van der Waals surface area contributed by atoms with Gasteiger partial charge in [0.15, 0.2) is 0 Å². The summed E-state index contributed by atoms with van der Waals surface area (Å²) >= 11 is 0. The molecular weight excluding hydrogens is 318 g/mol. The van der Waals surface area contributed by atoms with Crippen LogP contribution in [0.2, 0.25) is 0 Å². The molecule has 5 nitrogen and oxygen atoms in total. The Bertz CT molecular complexity index is 786. The molecule has 1 fully saturated rings. The van der Waals surface area contributed by atoms with Gasteiger partial charge in [-0.1, -0.05) is 36.4 Å².